The van der Waals surface area contributed by atoms with Crippen LogP contribution in [0.25, 0.3) is 22.6 Å². The number of benzene rings is 3. The van der Waals surface area contributed by atoms with E-state index in [0.29, 0.717) is 34.0 Å². The Kier molecular flexibility index (Phi) is 6.51. The first-order chi connectivity index (χ1) is 16.2. The van der Waals surface area contributed by atoms with Gasteiger partial charge in [0.05, 0.1) is 11.7 Å². The number of thiocarbonyl (C=S) groups is 1. The molecule has 0 aliphatic carbocycles. The number of carbonyl (C=O) groups excluding carboxylic acids is 1. The van der Waals surface area contributed by atoms with Crippen LogP contribution in [0.15, 0.2) is 59.0 Å². The summed E-state index contributed by atoms with van der Waals surface area (Å²) in [6.07, 6.45) is -0.000365. The minimum Gasteiger partial charge on any atom is -0.507 e. The number of aromatic nitrogens is 1. The smallest absolute Gasteiger partial charge is 0.257 e. The lowest BCUT2D eigenvalue weighted by Gasteiger charge is -2.12. The van der Waals surface area contributed by atoms with Crippen LogP contribution in [0.2, 0.25) is 0 Å². The van der Waals surface area contributed by atoms with Crippen LogP contribution in [0, 0.1) is 13.8 Å². The molecular weight excluding hydrogens is 450 g/mol. The number of amides is 1. The van der Waals surface area contributed by atoms with Crippen LogP contribution in [-0.4, -0.2) is 27.2 Å². The molecule has 34 heavy (non-hydrogen) atoms. The van der Waals surface area contributed by atoms with Crippen LogP contribution in [0.4, 0.5) is 5.69 Å². The summed E-state index contributed by atoms with van der Waals surface area (Å²) in [5.41, 5.74) is 4.87. The highest BCUT2D eigenvalue weighted by molar-refractivity contribution is 7.80. The minimum absolute atomic E-state index is 0.000365. The zero-order valence-electron chi connectivity index (χ0n) is 19.3. The minimum atomic E-state index is -0.371. The predicted molar refractivity (Wildman–Crippen MR) is 136 cm³/mol. The molecule has 7 nitrogen and oxygen atoms in total. The van der Waals surface area contributed by atoms with Gasteiger partial charge in [0.2, 0.25) is 5.89 Å². The number of hydrogen-bond donors (Lipinski definition) is 3. The fraction of sp³-hybridized carbons (Fsp3) is 0.192. The van der Waals surface area contributed by atoms with Crippen molar-refractivity contribution in [2.24, 2.45) is 0 Å². The molecule has 1 amide bonds. The molecular formula is C26H25N3O4S. The molecule has 0 atom stereocenters. The number of carbonyl (C=O) groups is 1. The summed E-state index contributed by atoms with van der Waals surface area (Å²) < 4.78 is 11.5. The van der Waals surface area contributed by atoms with E-state index in [0.717, 1.165) is 16.6 Å². The molecule has 8 heteroatoms. The number of anilines is 1. The van der Waals surface area contributed by atoms with Crippen molar-refractivity contribution >= 4 is 40.0 Å². The predicted octanol–water partition coefficient (Wildman–Crippen LogP) is 5.73. The highest BCUT2D eigenvalue weighted by Crippen LogP contribution is 2.34. The maximum atomic E-state index is 12.6. The van der Waals surface area contributed by atoms with Crippen LogP contribution in [0.1, 0.15) is 35.3 Å². The molecule has 0 aliphatic rings. The SMILES string of the molecule is Cc1cc(C)c2oc(-c3ccc(NC(=S)NC(=O)c4cccc(OC(C)C)c4)cc3O)nc2c1. The normalized spacial score (nSPS) is 11.0. The lowest BCUT2D eigenvalue weighted by molar-refractivity contribution is 0.0977. The van der Waals surface area contributed by atoms with Crippen LogP contribution in [0.3, 0.4) is 0 Å². The second-order valence-corrected chi connectivity index (χ2v) is 8.69. The fourth-order valence-corrected chi connectivity index (χ4v) is 3.81. The van der Waals surface area contributed by atoms with Gasteiger partial charge in [-0.15, -0.1) is 0 Å². The molecule has 0 fully saturated rings. The van der Waals surface area contributed by atoms with Gasteiger partial charge in [-0.3, -0.25) is 10.1 Å². The number of nitrogens with one attached hydrogen (secondary N) is 2. The van der Waals surface area contributed by atoms with Gasteiger partial charge in [0.25, 0.3) is 5.91 Å². The van der Waals surface area contributed by atoms with E-state index in [1.807, 2.05) is 39.8 Å². The van der Waals surface area contributed by atoms with Gasteiger partial charge in [-0.1, -0.05) is 12.1 Å². The van der Waals surface area contributed by atoms with E-state index >= 15 is 0 Å². The molecule has 0 bridgehead atoms. The summed E-state index contributed by atoms with van der Waals surface area (Å²) in [7, 11) is 0. The van der Waals surface area contributed by atoms with Crippen LogP contribution >= 0.6 is 12.2 Å². The number of phenolic OH excluding ortho intramolecular Hbond substituents is 1. The van der Waals surface area contributed by atoms with E-state index < -0.39 is 0 Å². The average molecular weight is 476 g/mol. The van der Waals surface area contributed by atoms with Gasteiger partial charge in [0.15, 0.2) is 10.7 Å². The number of ether oxygens (including phenoxy) is 1. The fourth-order valence-electron chi connectivity index (χ4n) is 3.60. The molecule has 174 valence electrons. The third-order valence-corrected chi connectivity index (χ3v) is 5.21. The van der Waals surface area contributed by atoms with E-state index in [1.54, 1.807) is 36.4 Å². The molecule has 0 unspecified atom stereocenters. The number of nitrogens with zero attached hydrogens (tertiary/aromatic N) is 1. The summed E-state index contributed by atoms with van der Waals surface area (Å²) in [5, 5.41) is 16.2. The molecule has 4 rings (SSSR count). The first-order valence-corrected chi connectivity index (χ1v) is 11.2. The third-order valence-electron chi connectivity index (χ3n) is 5.00. The molecule has 0 saturated carbocycles. The Labute approximate surface area is 202 Å². The van der Waals surface area contributed by atoms with Crippen LogP contribution in [-0.2, 0) is 0 Å². The number of aromatic hydroxyl groups is 1. The second-order valence-electron chi connectivity index (χ2n) is 8.28. The number of aryl methyl sites for hydroxylation is 2. The Balaban J connectivity index is 1.46. The van der Waals surface area contributed by atoms with Crippen molar-refractivity contribution in [2.75, 3.05) is 5.32 Å². The van der Waals surface area contributed by atoms with Crippen molar-refractivity contribution in [1.82, 2.24) is 10.3 Å². The molecule has 0 spiro atoms. The lowest BCUT2D eigenvalue weighted by atomic mass is 10.1. The Morgan fingerprint density at radius 1 is 1.12 bits per heavy atom. The maximum Gasteiger partial charge on any atom is 0.257 e. The van der Waals surface area contributed by atoms with E-state index in [2.05, 4.69) is 15.6 Å². The van der Waals surface area contributed by atoms with Gasteiger partial charge in [-0.25, -0.2) is 4.98 Å². The van der Waals surface area contributed by atoms with E-state index in [4.69, 9.17) is 21.4 Å². The summed E-state index contributed by atoms with van der Waals surface area (Å²) >= 11 is 5.27. The molecule has 3 N–H and O–H groups in total. The average Bonchev–Trinajstić information content (AvgIpc) is 3.17. The lowest BCUT2D eigenvalue weighted by Crippen LogP contribution is -2.34. The molecule has 4 aromatic rings. The molecule has 3 aromatic carbocycles. The molecule has 0 saturated heterocycles. The third kappa shape index (κ3) is 5.18. The highest BCUT2D eigenvalue weighted by Gasteiger charge is 2.15. The Hall–Kier alpha value is -3.91. The van der Waals surface area contributed by atoms with Crippen LogP contribution < -0.4 is 15.4 Å². The summed E-state index contributed by atoms with van der Waals surface area (Å²) in [4.78, 5) is 17.1. The van der Waals surface area contributed by atoms with Crippen molar-refractivity contribution in [1.29, 1.82) is 0 Å². The van der Waals surface area contributed by atoms with Crippen molar-refractivity contribution in [3.63, 3.8) is 0 Å². The quantitative estimate of drug-likeness (QED) is 0.317. The Morgan fingerprint density at radius 3 is 2.65 bits per heavy atom. The number of hydrogen-bond acceptors (Lipinski definition) is 6. The standard InChI is InChI=1S/C26H25N3O4S/c1-14(2)32-19-7-5-6-17(12-19)24(31)29-26(34)27-18-8-9-20(22(30)13-18)25-28-21-11-15(3)10-16(4)23(21)33-25/h5-14,30H,1-4H3,(H2,27,29,31,34). The molecule has 1 aromatic heterocycles. The maximum absolute atomic E-state index is 12.6. The van der Waals surface area contributed by atoms with Gasteiger partial charge >= 0.3 is 0 Å². The summed E-state index contributed by atoms with van der Waals surface area (Å²) in [6, 6.07) is 15.7. The zero-order chi connectivity index (χ0) is 24.4. The van der Waals surface area contributed by atoms with E-state index in [9.17, 15) is 9.90 Å². The van der Waals surface area contributed by atoms with Crippen molar-refractivity contribution in [3.8, 4) is 23.0 Å². The molecule has 0 aliphatic heterocycles. The van der Waals surface area contributed by atoms with Crippen molar-refractivity contribution in [2.45, 2.75) is 33.8 Å². The highest BCUT2D eigenvalue weighted by atomic mass is 32.1. The first kappa shape index (κ1) is 23.3. The van der Waals surface area contributed by atoms with Crippen molar-refractivity contribution in [3.05, 3.63) is 71.3 Å². The summed E-state index contributed by atoms with van der Waals surface area (Å²) in [6.45, 7) is 7.79. The Bertz CT molecular complexity index is 1390. The van der Waals surface area contributed by atoms with Gasteiger partial charge in [-0.05, 0) is 87.4 Å². The Morgan fingerprint density at radius 2 is 1.91 bits per heavy atom. The largest absolute Gasteiger partial charge is 0.507 e. The van der Waals surface area contributed by atoms with E-state index in [1.165, 1.54) is 6.07 Å². The van der Waals surface area contributed by atoms with E-state index in [-0.39, 0.29) is 22.9 Å². The van der Waals surface area contributed by atoms with Gasteiger partial charge < -0.3 is 19.6 Å². The van der Waals surface area contributed by atoms with Gasteiger partial charge in [0.1, 0.15) is 17.0 Å². The number of oxazole rings is 1. The number of fused-ring (bicyclic) bond motifs is 1. The number of phenols is 1. The van der Waals surface area contributed by atoms with Crippen molar-refractivity contribution < 1.29 is 19.1 Å². The van der Waals surface area contributed by atoms with Gasteiger partial charge in [-0.2, -0.15) is 0 Å². The first-order valence-electron chi connectivity index (χ1n) is 10.8. The monoisotopic (exact) mass is 475 g/mol. The summed E-state index contributed by atoms with van der Waals surface area (Å²) in [5.74, 6) is 0.530. The molecule has 0 radical (unpaired) electrons. The topological polar surface area (TPSA) is 96.6 Å². The second kappa shape index (κ2) is 9.52. The molecule has 1 heterocycles. The number of rotatable bonds is 5. The van der Waals surface area contributed by atoms with Gasteiger partial charge in [0, 0.05) is 17.3 Å². The van der Waals surface area contributed by atoms with Crippen LogP contribution in [0.5, 0.6) is 11.5 Å². The zero-order valence-corrected chi connectivity index (χ0v) is 20.1.